The van der Waals surface area contributed by atoms with Crippen molar-refractivity contribution in [2.45, 2.75) is 192 Å². The molecule has 31 heteroatoms. The molecule has 2 fully saturated rings. The summed E-state index contributed by atoms with van der Waals surface area (Å²) in [5.74, 6) is -8.52. The largest absolute Gasteiger partial charge is 0.508 e. The number of imidazole rings is 1. The second-order valence-electron chi connectivity index (χ2n) is 26.4. The second-order valence-corrected chi connectivity index (χ2v) is 28.0. The molecule has 0 spiro atoms. The maximum atomic E-state index is 15.0. The Bertz CT molecular complexity index is 3920. The van der Waals surface area contributed by atoms with E-state index in [4.69, 9.17) is 19.9 Å². The Morgan fingerprint density at radius 2 is 1.35 bits per heavy atom. The number of aryl methyl sites for hydroxylation is 1. The van der Waals surface area contributed by atoms with Crippen LogP contribution in [0.5, 0.6) is 11.5 Å². The number of aromatic nitrogens is 2. The van der Waals surface area contributed by atoms with Gasteiger partial charge in [0, 0.05) is 50.8 Å². The molecule has 2 saturated heterocycles. The zero-order valence-corrected chi connectivity index (χ0v) is 60.8. The van der Waals surface area contributed by atoms with Crippen LogP contribution in [0.3, 0.4) is 0 Å². The van der Waals surface area contributed by atoms with Crippen LogP contribution in [0.2, 0.25) is 0 Å². The summed E-state index contributed by atoms with van der Waals surface area (Å²) in [4.78, 5) is 158. The van der Waals surface area contributed by atoms with Crippen LogP contribution in [0, 0.1) is 32.6 Å². The van der Waals surface area contributed by atoms with Crippen molar-refractivity contribution in [3.63, 3.8) is 0 Å². The number of guanidine groups is 1. The molecular weight excluding hydrogens is 1360 g/mol. The molecule has 3 heterocycles. The van der Waals surface area contributed by atoms with Gasteiger partial charge >= 0.3 is 12.1 Å². The Kier molecular flexibility index (Phi) is 30.4. The molecule has 5 aromatic rings. The molecule has 0 aliphatic carbocycles. The molecule has 9 atom stereocenters. The van der Waals surface area contributed by atoms with Crippen LogP contribution in [-0.2, 0) is 88.7 Å². The van der Waals surface area contributed by atoms with E-state index in [-0.39, 0.29) is 108 Å². The van der Waals surface area contributed by atoms with E-state index >= 15 is 9.59 Å². The third-order valence-electron chi connectivity index (χ3n) is 18.3. The highest BCUT2D eigenvalue weighted by molar-refractivity contribution is 7.90. The maximum Gasteiger partial charge on any atom is 0.408 e. The summed E-state index contributed by atoms with van der Waals surface area (Å²) in [6.45, 7) is 11.2. The molecule has 9 amide bonds. The fraction of sp³-hybridized carbons (Fsp3) is 0.479. The summed E-state index contributed by atoms with van der Waals surface area (Å²) in [6.07, 6.45) is 1.83. The topological polar surface area (TPSA) is 431 Å². The van der Waals surface area contributed by atoms with Crippen molar-refractivity contribution in [3.05, 3.63) is 143 Å². The van der Waals surface area contributed by atoms with Gasteiger partial charge in [-0.1, -0.05) is 107 Å². The Morgan fingerprint density at radius 3 is 1.99 bits per heavy atom. The molecule has 2 aliphatic heterocycles. The fourth-order valence-electron chi connectivity index (χ4n) is 12.2. The van der Waals surface area contributed by atoms with E-state index in [9.17, 15) is 51.9 Å². The molecule has 0 saturated carbocycles. The molecule has 562 valence electrons. The lowest BCUT2D eigenvalue weighted by Gasteiger charge is -2.32. The van der Waals surface area contributed by atoms with Gasteiger partial charge in [-0.2, -0.15) is 0 Å². The number of carbonyl (C=O) groups is 10. The molecule has 30 nitrogen and oxygen atoms in total. The number of nitrogens with one attached hydrogen (secondary N) is 10. The molecule has 4 aromatic carbocycles. The zero-order valence-electron chi connectivity index (χ0n) is 60.0. The van der Waals surface area contributed by atoms with Crippen LogP contribution < -0.4 is 57.7 Å². The van der Waals surface area contributed by atoms with Crippen LogP contribution >= 0.6 is 0 Å². The number of methoxy groups -OCH3 is 1. The number of fused-ring (bicyclic) bond motifs is 1. The number of nitrogens with zero attached hydrogens (tertiary/aromatic N) is 3. The number of amides is 9. The Balaban J connectivity index is 1.23. The molecule has 0 unspecified atom stereocenters. The summed E-state index contributed by atoms with van der Waals surface area (Å²) < 4.78 is 46.6. The first-order valence-corrected chi connectivity index (χ1v) is 36.4. The Labute approximate surface area is 605 Å². The lowest BCUT2D eigenvalue weighted by atomic mass is 9.96. The van der Waals surface area contributed by atoms with Crippen molar-refractivity contribution >= 4 is 75.3 Å². The molecular formula is C73H98N14O16S. The lowest BCUT2D eigenvalue weighted by Crippen LogP contribution is -2.62. The average molecular weight is 1460 g/mol. The van der Waals surface area contributed by atoms with Gasteiger partial charge in [0.15, 0.2) is 0 Å². The number of ether oxygens (including phenoxy) is 3. The number of phenols is 1. The number of esters is 1. The van der Waals surface area contributed by atoms with Crippen LogP contribution in [0.1, 0.15) is 131 Å². The number of nitrogens with two attached hydrogens (primary N) is 1. The second kappa shape index (κ2) is 39.2. The number of hydrogen-bond acceptors (Lipinski definition) is 18. The molecule has 1 aromatic heterocycles. The molecule has 0 radical (unpaired) electrons. The minimum Gasteiger partial charge on any atom is -0.508 e. The van der Waals surface area contributed by atoms with Crippen molar-refractivity contribution in [3.8, 4) is 11.5 Å². The van der Waals surface area contributed by atoms with Crippen LogP contribution in [0.4, 0.5) is 4.79 Å². The number of aromatic amines is 1. The minimum absolute atomic E-state index is 0.0354. The van der Waals surface area contributed by atoms with Crippen molar-refractivity contribution < 1.29 is 75.7 Å². The number of benzene rings is 4. The molecule has 13 N–H and O–H groups in total. The van der Waals surface area contributed by atoms with Gasteiger partial charge < -0.3 is 77.5 Å². The summed E-state index contributed by atoms with van der Waals surface area (Å²) in [7, 11) is -2.84. The minimum atomic E-state index is -4.31. The van der Waals surface area contributed by atoms with Crippen molar-refractivity contribution in [1.29, 1.82) is 0 Å². The normalized spacial score (nSPS) is 21.7. The van der Waals surface area contributed by atoms with E-state index in [0.717, 1.165) is 0 Å². The third kappa shape index (κ3) is 23.7. The highest BCUT2D eigenvalue weighted by atomic mass is 32.2. The van der Waals surface area contributed by atoms with E-state index in [1.165, 1.54) is 48.8 Å². The van der Waals surface area contributed by atoms with E-state index < -0.39 is 135 Å². The van der Waals surface area contributed by atoms with Crippen LogP contribution in [-0.4, -0.2) is 169 Å². The molecule has 2 aliphatic rings. The Hall–Kier alpha value is -10.6. The lowest BCUT2D eigenvalue weighted by molar-refractivity contribution is -0.150. The maximum absolute atomic E-state index is 15.0. The predicted octanol–water partition coefficient (Wildman–Crippen LogP) is 3.63. The Morgan fingerprint density at radius 1 is 0.712 bits per heavy atom. The molecule has 104 heavy (non-hydrogen) atoms. The first-order valence-electron chi connectivity index (χ1n) is 35.0. The summed E-state index contributed by atoms with van der Waals surface area (Å²) >= 11 is 0. The predicted molar refractivity (Wildman–Crippen MR) is 384 cm³/mol. The number of sulfonamides is 1. The first-order chi connectivity index (χ1) is 49.7. The number of H-pyrrole nitrogens is 1. The monoisotopic (exact) mass is 1460 g/mol. The van der Waals surface area contributed by atoms with Gasteiger partial charge in [0.25, 0.3) is 10.0 Å². The standard InChI is InChI=1S/C73H98N14O16S/c1-9-44(4)62-69(95)82-57(38-51-39-75-42-78-51)70(96)87-35-19-26-58(87)67(93)80-55(71(97)102-40-49-20-12-10-13-21-49)31-32-60(89)76-33-17-16-24-54(83-73(98)103-41-50-22-14-11-15-23-50)64(90)79-53(25-18-34-77-72(74)86-104(99,100)63-45(5)36-59(101-8)46(6)47(63)7)65(91)84-61(43(2)3)68(94)81-56(66(92)85-62)37-48-27-29-52(88)30-28-48/h10-15,20-23,27-30,36,39,42-44,53-58,61-62,88H,9,16-19,24-26,31-35,37-38,40-41H2,1-8H3,(H,75,78)(H,76,89)(H,79,90)(H,80,93)(H,81,94)(H,82,95)(H,83,98)(H,84,91)(H,85,92)(H3,74,77,86)/t44-,53-,54-,55-,56-,57-,58-,61-,62-/m0/s1. The number of phenolic OH excluding ortho intramolecular Hbond substituents is 1. The first kappa shape index (κ1) is 80.7. The van der Waals surface area contributed by atoms with Gasteiger partial charge in [-0.3, -0.25) is 43.3 Å². The molecule has 7 rings (SSSR count). The number of aliphatic imine (C=N–C) groups is 1. The summed E-state index contributed by atoms with van der Waals surface area (Å²) in [6, 6.07) is 13.8. The quantitative estimate of drug-likeness (QED) is 0.0229. The van der Waals surface area contributed by atoms with Gasteiger partial charge in [0.1, 0.15) is 73.0 Å². The number of alkyl carbamates (subject to hydrolysis) is 1. The van der Waals surface area contributed by atoms with E-state index in [0.29, 0.717) is 57.7 Å². The number of rotatable bonds is 20. The van der Waals surface area contributed by atoms with E-state index in [2.05, 4.69) is 62.2 Å². The highest BCUT2D eigenvalue weighted by Crippen LogP contribution is 2.31. The summed E-state index contributed by atoms with van der Waals surface area (Å²) in [5, 5.41) is 32.3. The highest BCUT2D eigenvalue weighted by Gasteiger charge is 2.42. The fourth-order valence-corrected chi connectivity index (χ4v) is 13.6. The summed E-state index contributed by atoms with van der Waals surface area (Å²) in [5.41, 5.74) is 9.76. The number of aromatic hydroxyl groups is 1. The van der Waals surface area contributed by atoms with Crippen molar-refractivity contribution in [2.75, 3.05) is 26.7 Å². The van der Waals surface area contributed by atoms with Gasteiger partial charge in [-0.15, -0.1) is 0 Å². The smallest absolute Gasteiger partial charge is 0.408 e. The van der Waals surface area contributed by atoms with Gasteiger partial charge in [0.05, 0.1) is 18.3 Å². The molecule has 0 bridgehead atoms. The van der Waals surface area contributed by atoms with Gasteiger partial charge in [-0.25, -0.2) is 27.7 Å². The van der Waals surface area contributed by atoms with Crippen molar-refractivity contribution in [1.82, 2.24) is 62.1 Å². The average Bonchev–Trinajstić information content (AvgIpc) is 1.20. The van der Waals surface area contributed by atoms with E-state index in [1.807, 2.05) is 0 Å². The van der Waals surface area contributed by atoms with Crippen molar-refractivity contribution in [2.24, 2.45) is 22.6 Å². The van der Waals surface area contributed by atoms with Crippen LogP contribution in [0.15, 0.2) is 113 Å². The van der Waals surface area contributed by atoms with Crippen LogP contribution in [0.25, 0.3) is 0 Å². The SMILES string of the molecule is CC[C@H](C)[C@@H]1NC(=O)[C@H](Cc2ccc(O)cc2)NC(=O)[C@H](C(C)C)NC(=O)[C@H](CCCN=C(N)NS(=O)(=O)c2c(C)cc(OC)c(C)c2C)NC(=O)[C@@H](NC(=O)OCc2ccccc2)CCCCNC(=O)CC[C@@H](C(=O)OCc2ccccc2)NC(=O)[C@@H]2CCCN2C(=O)[C@H](Cc2cnc[nH]2)NC1=O. The van der Waals surface area contributed by atoms with Gasteiger partial charge in [-0.05, 0) is 136 Å². The zero-order chi connectivity index (χ0) is 75.6. The van der Waals surface area contributed by atoms with Gasteiger partial charge in [0.2, 0.25) is 53.2 Å². The van der Waals surface area contributed by atoms with E-state index in [1.54, 1.807) is 115 Å². The number of carbonyl (C=O) groups excluding carboxylic acids is 10. The number of hydrogen-bond donors (Lipinski definition) is 12. The third-order valence-corrected chi connectivity index (χ3v) is 19.9.